The average Bonchev–Trinajstić information content (AvgIpc) is 2.88. The Morgan fingerprint density at radius 3 is 2.58 bits per heavy atom. The van der Waals surface area contributed by atoms with Crippen LogP contribution in [0.1, 0.15) is 51.9 Å². The number of halogens is 1. The third-order valence-corrected chi connectivity index (χ3v) is 5.83. The molecule has 0 radical (unpaired) electrons. The second-order valence-corrected chi connectivity index (χ2v) is 7.82. The first-order valence-electron chi connectivity index (χ1n) is 9.34. The molecule has 7 heteroatoms. The lowest BCUT2D eigenvalue weighted by molar-refractivity contribution is -0.176. The summed E-state index contributed by atoms with van der Waals surface area (Å²) in [5.74, 6) is 0.895. The highest BCUT2D eigenvalue weighted by Gasteiger charge is 2.58. The number of hydrogen-bond donors (Lipinski definition) is 2. The standard InChI is InChI=1S/C19H35N5O.HI/c1-8-20-17(22-16-13-19(6,25-7)18(16,4)5)21-10-9-11-24-15(3)12-14(2)23-24;/h12,16H,8-11,13H2,1-7H3,(H2,20,21,22);1H. The van der Waals surface area contributed by atoms with Crippen molar-refractivity contribution in [2.75, 3.05) is 20.2 Å². The highest BCUT2D eigenvalue weighted by Crippen LogP contribution is 2.51. The molecule has 1 aromatic heterocycles. The highest BCUT2D eigenvalue weighted by molar-refractivity contribution is 14.0. The zero-order valence-corrected chi connectivity index (χ0v) is 19.7. The predicted molar refractivity (Wildman–Crippen MR) is 118 cm³/mol. The Kier molecular flexibility index (Phi) is 8.38. The molecule has 1 heterocycles. The van der Waals surface area contributed by atoms with Crippen molar-refractivity contribution in [3.8, 4) is 0 Å². The quantitative estimate of drug-likeness (QED) is 0.274. The molecule has 2 unspecified atom stereocenters. The van der Waals surface area contributed by atoms with Crippen molar-refractivity contribution in [3.63, 3.8) is 0 Å². The molecule has 1 fully saturated rings. The van der Waals surface area contributed by atoms with Gasteiger partial charge in [-0.3, -0.25) is 9.67 Å². The largest absolute Gasteiger partial charge is 0.378 e. The summed E-state index contributed by atoms with van der Waals surface area (Å²) in [5, 5.41) is 11.4. The van der Waals surface area contributed by atoms with E-state index in [9.17, 15) is 0 Å². The molecule has 150 valence electrons. The van der Waals surface area contributed by atoms with E-state index in [0.717, 1.165) is 44.1 Å². The maximum Gasteiger partial charge on any atom is 0.191 e. The fourth-order valence-corrected chi connectivity index (χ4v) is 3.52. The Balaban J connectivity index is 0.00000338. The molecule has 0 aliphatic heterocycles. The summed E-state index contributed by atoms with van der Waals surface area (Å²) >= 11 is 0. The molecule has 1 aliphatic carbocycles. The van der Waals surface area contributed by atoms with E-state index in [1.807, 2.05) is 6.92 Å². The van der Waals surface area contributed by atoms with Gasteiger partial charge in [-0.2, -0.15) is 5.10 Å². The van der Waals surface area contributed by atoms with Crippen LogP contribution in [0.25, 0.3) is 0 Å². The lowest BCUT2D eigenvalue weighted by atomic mass is 9.56. The fourth-order valence-electron chi connectivity index (χ4n) is 3.52. The van der Waals surface area contributed by atoms with Gasteiger partial charge in [0.25, 0.3) is 0 Å². The minimum atomic E-state index is -0.0720. The molecule has 1 aromatic rings. The maximum absolute atomic E-state index is 5.71. The van der Waals surface area contributed by atoms with E-state index in [0.29, 0.717) is 6.04 Å². The van der Waals surface area contributed by atoms with Crippen molar-refractivity contribution in [2.24, 2.45) is 10.4 Å². The minimum Gasteiger partial charge on any atom is -0.378 e. The number of aryl methyl sites for hydroxylation is 3. The molecule has 26 heavy (non-hydrogen) atoms. The second-order valence-electron chi connectivity index (χ2n) is 7.82. The van der Waals surface area contributed by atoms with Crippen LogP contribution in [0, 0.1) is 19.3 Å². The number of ether oxygens (including phenoxy) is 1. The Morgan fingerprint density at radius 2 is 2.08 bits per heavy atom. The van der Waals surface area contributed by atoms with E-state index in [1.54, 1.807) is 7.11 Å². The van der Waals surface area contributed by atoms with Gasteiger partial charge in [-0.1, -0.05) is 13.8 Å². The molecule has 6 nitrogen and oxygen atoms in total. The number of hydrogen-bond acceptors (Lipinski definition) is 3. The van der Waals surface area contributed by atoms with Gasteiger partial charge in [0, 0.05) is 43.9 Å². The average molecular weight is 477 g/mol. The van der Waals surface area contributed by atoms with Crippen molar-refractivity contribution in [1.82, 2.24) is 20.4 Å². The van der Waals surface area contributed by atoms with Gasteiger partial charge >= 0.3 is 0 Å². The summed E-state index contributed by atoms with van der Waals surface area (Å²) in [7, 11) is 1.80. The third-order valence-electron chi connectivity index (χ3n) is 5.83. The molecule has 2 atom stereocenters. The topological polar surface area (TPSA) is 63.5 Å². The monoisotopic (exact) mass is 477 g/mol. The molecule has 1 saturated carbocycles. The van der Waals surface area contributed by atoms with Crippen LogP contribution in [0.4, 0.5) is 0 Å². The lowest BCUT2D eigenvalue weighted by Crippen LogP contribution is -2.69. The van der Waals surface area contributed by atoms with Crippen LogP contribution in [0.3, 0.4) is 0 Å². The summed E-state index contributed by atoms with van der Waals surface area (Å²) < 4.78 is 7.77. The van der Waals surface area contributed by atoms with Crippen LogP contribution in [0.5, 0.6) is 0 Å². The van der Waals surface area contributed by atoms with Gasteiger partial charge in [0.2, 0.25) is 0 Å². The zero-order valence-electron chi connectivity index (χ0n) is 17.3. The molecule has 2 N–H and O–H groups in total. The van der Waals surface area contributed by atoms with Crippen LogP contribution in [-0.2, 0) is 11.3 Å². The Hall–Kier alpha value is -0.830. The first kappa shape index (κ1) is 23.2. The Labute approximate surface area is 175 Å². The molecule has 0 bridgehead atoms. The van der Waals surface area contributed by atoms with E-state index in [1.165, 1.54) is 5.69 Å². The number of nitrogens with one attached hydrogen (secondary N) is 2. The third kappa shape index (κ3) is 4.91. The summed E-state index contributed by atoms with van der Waals surface area (Å²) in [5.41, 5.74) is 2.28. The summed E-state index contributed by atoms with van der Waals surface area (Å²) in [6.07, 6.45) is 1.97. The molecule has 0 aromatic carbocycles. The van der Waals surface area contributed by atoms with Crippen LogP contribution in [-0.4, -0.2) is 47.6 Å². The predicted octanol–water partition coefficient (Wildman–Crippen LogP) is 3.27. The number of rotatable bonds is 7. The lowest BCUT2D eigenvalue weighted by Gasteiger charge is -2.59. The fraction of sp³-hybridized carbons (Fsp3) is 0.789. The first-order chi connectivity index (χ1) is 11.7. The molecule has 0 saturated heterocycles. The molecular weight excluding hydrogens is 441 g/mol. The van der Waals surface area contributed by atoms with Crippen molar-refractivity contribution < 1.29 is 4.74 Å². The van der Waals surface area contributed by atoms with E-state index in [2.05, 4.69) is 61.1 Å². The van der Waals surface area contributed by atoms with Crippen LogP contribution < -0.4 is 10.6 Å². The number of aliphatic imine (C=N–C) groups is 1. The van der Waals surface area contributed by atoms with E-state index >= 15 is 0 Å². The van der Waals surface area contributed by atoms with Gasteiger partial charge in [0.15, 0.2) is 5.96 Å². The van der Waals surface area contributed by atoms with Crippen LogP contribution in [0.15, 0.2) is 11.1 Å². The molecular formula is C19H36IN5O. The molecule has 0 spiro atoms. The van der Waals surface area contributed by atoms with Crippen molar-refractivity contribution in [2.45, 2.75) is 72.6 Å². The number of aromatic nitrogens is 2. The zero-order chi connectivity index (χ0) is 18.7. The normalized spacial score (nSPS) is 24.6. The second kappa shape index (κ2) is 9.39. The highest BCUT2D eigenvalue weighted by atomic mass is 127. The molecule has 0 amide bonds. The van der Waals surface area contributed by atoms with E-state index in [-0.39, 0.29) is 35.0 Å². The van der Waals surface area contributed by atoms with Crippen LogP contribution >= 0.6 is 24.0 Å². The maximum atomic E-state index is 5.71. The summed E-state index contributed by atoms with van der Waals surface area (Å²) in [6.45, 7) is 15.5. The smallest absolute Gasteiger partial charge is 0.191 e. The van der Waals surface area contributed by atoms with Crippen LogP contribution in [0.2, 0.25) is 0 Å². The number of nitrogens with zero attached hydrogens (tertiary/aromatic N) is 3. The molecule has 2 rings (SSSR count). The Morgan fingerprint density at radius 1 is 1.38 bits per heavy atom. The van der Waals surface area contributed by atoms with Crippen molar-refractivity contribution >= 4 is 29.9 Å². The summed E-state index contributed by atoms with van der Waals surface area (Å²) in [6, 6.07) is 2.48. The van der Waals surface area contributed by atoms with Gasteiger partial charge in [-0.15, -0.1) is 24.0 Å². The van der Waals surface area contributed by atoms with Gasteiger partial charge in [0.1, 0.15) is 0 Å². The number of guanidine groups is 1. The van der Waals surface area contributed by atoms with Gasteiger partial charge in [-0.25, -0.2) is 0 Å². The van der Waals surface area contributed by atoms with Gasteiger partial charge < -0.3 is 15.4 Å². The summed E-state index contributed by atoms with van der Waals surface area (Å²) in [4.78, 5) is 4.74. The number of methoxy groups -OCH3 is 1. The van der Waals surface area contributed by atoms with E-state index in [4.69, 9.17) is 9.73 Å². The SMILES string of the molecule is CCNC(=NCCCn1nc(C)cc1C)NC1CC(C)(OC)C1(C)C.I. The molecule has 1 aliphatic rings. The van der Waals surface area contributed by atoms with Crippen molar-refractivity contribution in [3.05, 3.63) is 17.5 Å². The minimum absolute atomic E-state index is 0. The van der Waals surface area contributed by atoms with Gasteiger partial charge in [0.05, 0.1) is 11.3 Å². The van der Waals surface area contributed by atoms with Gasteiger partial charge in [-0.05, 0) is 46.6 Å². The van der Waals surface area contributed by atoms with E-state index < -0.39 is 0 Å². The van der Waals surface area contributed by atoms with Crippen molar-refractivity contribution in [1.29, 1.82) is 0 Å². The Bertz CT molecular complexity index is 613. The first-order valence-corrected chi connectivity index (χ1v) is 9.34.